The highest BCUT2D eigenvalue weighted by Crippen LogP contribution is 2.39. The van der Waals surface area contributed by atoms with Gasteiger partial charge in [0.05, 0.1) is 59.1 Å². The molecule has 1 amide bonds. The number of hydrogen-bond acceptors (Lipinski definition) is 20. The van der Waals surface area contributed by atoms with Gasteiger partial charge in [0.1, 0.15) is 48.8 Å². The largest absolute Gasteiger partial charge is 0.459 e. The highest BCUT2D eigenvalue weighted by molar-refractivity contribution is 5.90. The third-order valence-electron chi connectivity index (χ3n) is 16.4. The minimum Gasteiger partial charge on any atom is -0.459 e. The smallest absolute Gasteiger partial charge is 0.311 e. The number of nitrogens with zero attached hydrogens (tertiary/aromatic N) is 8. The Hall–Kier alpha value is -4.15. The molecule has 3 aliphatic rings. The van der Waals surface area contributed by atoms with E-state index in [0.717, 1.165) is 0 Å². The minimum absolute atomic E-state index is 0.0117. The van der Waals surface area contributed by atoms with Crippen molar-refractivity contribution in [2.75, 3.05) is 48.1 Å². The number of halogens is 1. The number of ether oxygens (including phenoxy) is 7. The van der Waals surface area contributed by atoms with Crippen molar-refractivity contribution in [3.8, 4) is 5.69 Å². The van der Waals surface area contributed by atoms with Crippen molar-refractivity contribution in [1.82, 2.24) is 39.8 Å². The van der Waals surface area contributed by atoms with Crippen molar-refractivity contribution in [2.24, 2.45) is 17.6 Å². The molecule has 24 heteroatoms. The summed E-state index contributed by atoms with van der Waals surface area (Å²) in [6, 6.07) is 5.00. The van der Waals surface area contributed by atoms with Crippen LogP contribution in [0.4, 0.5) is 4.39 Å². The van der Waals surface area contributed by atoms with Crippen LogP contribution in [0.3, 0.4) is 0 Å². The van der Waals surface area contributed by atoms with Crippen LogP contribution in [0.5, 0.6) is 0 Å². The third-order valence-corrected chi connectivity index (χ3v) is 16.4. The van der Waals surface area contributed by atoms with Gasteiger partial charge in [-0.15, -0.1) is 10.2 Å². The number of aliphatic hydroxyl groups is 5. The second kappa shape index (κ2) is 26.0. The SMILES string of the molecule is CC[C@H]1OC(=O)[C@H](C)[C@@H](O[C@H]2C[C@@](C)(OC)[C@@H](O)[C@H](C)O2)C[C@@H](O[C@@H]2O[C@H](C)C[C@H](N(C)CCc3cn([C@H](CF)[C@H](OC)c4ccc(-n5cc(C(N)=O)nn5)cc4)nn3)[C@H]2O)[C@](C)(O)C[C@@H](C)CN(C)[C@H](C)[C@@H](O)[C@]1(C)O. The van der Waals surface area contributed by atoms with Gasteiger partial charge in [-0.3, -0.25) is 9.59 Å². The predicted molar refractivity (Wildman–Crippen MR) is 277 cm³/mol. The van der Waals surface area contributed by atoms with E-state index in [4.69, 9.17) is 38.9 Å². The number of hydrogen-bond donors (Lipinski definition) is 6. The van der Waals surface area contributed by atoms with Crippen LogP contribution in [0.25, 0.3) is 5.69 Å². The van der Waals surface area contributed by atoms with Crippen molar-refractivity contribution in [3.05, 3.63) is 53.6 Å². The maximum Gasteiger partial charge on any atom is 0.311 e. The molecule has 77 heavy (non-hydrogen) atoms. The van der Waals surface area contributed by atoms with E-state index in [0.29, 0.717) is 42.9 Å². The van der Waals surface area contributed by atoms with Crippen LogP contribution in [0, 0.1) is 11.8 Å². The normalized spacial score (nSPS) is 37.2. The van der Waals surface area contributed by atoms with Gasteiger partial charge in [-0.05, 0) is 105 Å². The van der Waals surface area contributed by atoms with Crippen LogP contribution in [-0.2, 0) is 44.4 Å². The minimum atomic E-state index is -1.86. The molecule has 3 aromatic rings. The maximum absolute atomic E-state index is 14.9. The predicted octanol–water partition coefficient (Wildman–Crippen LogP) is 2.44. The standard InChI is InChI=1S/C53H86FN9O14/c1-14-41-53(9,70)46(65)32(5)61(11)26-29(2)23-51(7,69)42(22-40(31(4)49(68)76-41)75-43-24-52(8,72-13)47(66)33(6)74-43)77-50-44(64)38(21-30(3)73-50)60(10)20-19-35-27-63(58-56-35)39(25-54)45(71-12)34-15-17-36(18-16-34)62-28-37(48(55)67)57-59-62/h15-18,27-33,38-47,50,64-66,69-70H,14,19-26H2,1-13H3,(H2,55,67)/t29-,30-,31-,32-,33+,38+,39-,40+,41-,42-,43+,44-,45-,46-,47+,50+,51-,52-,53-/m1/s1. The summed E-state index contributed by atoms with van der Waals surface area (Å²) in [4.78, 5) is 29.8. The summed E-state index contributed by atoms with van der Waals surface area (Å²) in [7, 11) is 6.64. The van der Waals surface area contributed by atoms with Gasteiger partial charge in [-0.25, -0.2) is 13.8 Å². The highest BCUT2D eigenvalue weighted by Gasteiger charge is 2.51. The Balaban J connectivity index is 1.22. The first-order chi connectivity index (χ1) is 36.2. The molecule has 6 rings (SSSR count). The Bertz CT molecular complexity index is 2360. The van der Waals surface area contributed by atoms with Crippen molar-refractivity contribution < 1.29 is 72.7 Å². The fourth-order valence-electron chi connectivity index (χ4n) is 11.2. The van der Waals surface area contributed by atoms with Crippen LogP contribution in [-0.4, -0.2) is 216 Å². The van der Waals surface area contributed by atoms with Crippen molar-refractivity contribution >= 4 is 11.9 Å². The molecule has 5 heterocycles. The van der Waals surface area contributed by atoms with Crippen LogP contribution in [0.1, 0.15) is 128 Å². The Labute approximate surface area is 451 Å². The summed E-state index contributed by atoms with van der Waals surface area (Å²) < 4.78 is 61.5. The molecule has 23 nitrogen and oxygen atoms in total. The highest BCUT2D eigenvalue weighted by atomic mass is 19.1. The molecular weight excluding hydrogens is 1010 g/mol. The van der Waals surface area contributed by atoms with E-state index in [1.165, 1.54) is 36.7 Å². The first-order valence-electron chi connectivity index (χ1n) is 26.8. The lowest BCUT2D eigenvalue weighted by Crippen LogP contribution is -2.59. The molecule has 19 atom stereocenters. The quantitative estimate of drug-likeness (QED) is 0.106. The van der Waals surface area contributed by atoms with Gasteiger partial charge in [0.2, 0.25) is 0 Å². The molecule has 2 aromatic heterocycles. The number of carbonyl (C=O) groups is 2. The summed E-state index contributed by atoms with van der Waals surface area (Å²) in [6.45, 7) is 15.5. The number of esters is 1. The monoisotopic (exact) mass is 1090 g/mol. The first-order valence-corrected chi connectivity index (χ1v) is 26.8. The van der Waals surface area contributed by atoms with E-state index in [2.05, 4.69) is 20.6 Å². The molecule has 3 fully saturated rings. The number of nitrogens with two attached hydrogens (primary N) is 1. The van der Waals surface area contributed by atoms with Crippen molar-refractivity contribution in [1.29, 1.82) is 0 Å². The topological polar surface area (TPSA) is 294 Å². The molecule has 0 saturated carbocycles. The summed E-state index contributed by atoms with van der Waals surface area (Å²) in [6.07, 6.45) is -6.96. The number of rotatable bonds is 17. The molecule has 7 N–H and O–H groups in total. The lowest BCUT2D eigenvalue weighted by molar-refractivity contribution is -0.308. The van der Waals surface area contributed by atoms with Gasteiger partial charge >= 0.3 is 5.97 Å². The van der Waals surface area contributed by atoms with Gasteiger partial charge in [0.15, 0.2) is 18.3 Å². The fraction of sp³-hybridized carbons (Fsp3) is 0.774. The lowest BCUT2D eigenvalue weighted by atomic mass is 9.83. The summed E-state index contributed by atoms with van der Waals surface area (Å²) in [5, 5.41) is 75.9. The zero-order valence-electron chi connectivity index (χ0n) is 47.0. The van der Waals surface area contributed by atoms with Crippen molar-refractivity contribution in [2.45, 2.75) is 203 Å². The van der Waals surface area contributed by atoms with E-state index < -0.39 is 127 Å². The zero-order chi connectivity index (χ0) is 56.9. The second-order valence-corrected chi connectivity index (χ2v) is 22.5. The number of primary amides is 1. The number of benzene rings is 1. The number of amides is 1. The molecule has 0 unspecified atom stereocenters. The Morgan fingerprint density at radius 1 is 0.961 bits per heavy atom. The Morgan fingerprint density at radius 3 is 2.26 bits per heavy atom. The molecule has 3 aliphatic heterocycles. The molecule has 434 valence electrons. The number of alkyl halides is 1. The van der Waals surface area contributed by atoms with E-state index in [1.807, 2.05) is 37.7 Å². The van der Waals surface area contributed by atoms with E-state index in [1.54, 1.807) is 72.0 Å². The van der Waals surface area contributed by atoms with Crippen LogP contribution < -0.4 is 5.73 Å². The summed E-state index contributed by atoms with van der Waals surface area (Å²) in [5.41, 5.74) is 2.57. The third kappa shape index (κ3) is 14.4. The molecule has 0 radical (unpaired) electrons. The molecular formula is C53H86FN9O14. The van der Waals surface area contributed by atoms with Crippen LogP contribution in [0.2, 0.25) is 0 Å². The molecule has 0 aliphatic carbocycles. The van der Waals surface area contributed by atoms with Gasteiger partial charge in [-0.1, -0.05) is 36.4 Å². The number of aromatic nitrogens is 6. The molecule has 1 aromatic carbocycles. The average molecular weight is 1090 g/mol. The Kier molecular flexibility index (Phi) is 20.9. The zero-order valence-corrected chi connectivity index (χ0v) is 47.0. The van der Waals surface area contributed by atoms with E-state index in [9.17, 15) is 39.5 Å². The van der Waals surface area contributed by atoms with Gasteiger partial charge < -0.3 is 74.2 Å². The summed E-state index contributed by atoms with van der Waals surface area (Å²) >= 11 is 0. The number of aliphatic hydroxyl groups excluding tert-OH is 3. The summed E-state index contributed by atoms with van der Waals surface area (Å²) in [5.74, 6) is -2.74. The second-order valence-electron chi connectivity index (χ2n) is 22.5. The maximum atomic E-state index is 14.9. The van der Waals surface area contributed by atoms with Gasteiger partial charge in [0.25, 0.3) is 5.91 Å². The number of carbonyl (C=O) groups excluding carboxylic acids is 2. The van der Waals surface area contributed by atoms with Crippen molar-refractivity contribution in [3.63, 3.8) is 0 Å². The van der Waals surface area contributed by atoms with E-state index in [-0.39, 0.29) is 37.3 Å². The number of cyclic esters (lactones) is 1. The van der Waals surface area contributed by atoms with Gasteiger partial charge in [0, 0.05) is 64.9 Å². The number of likely N-dealkylation sites (N-methyl/N-ethyl adjacent to an activating group) is 2. The van der Waals surface area contributed by atoms with Gasteiger partial charge in [-0.2, -0.15) is 0 Å². The molecule has 3 saturated heterocycles. The van der Waals surface area contributed by atoms with Crippen LogP contribution >= 0.6 is 0 Å². The molecule has 0 bridgehead atoms. The molecule has 0 spiro atoms. The average Bonchev–Trinajstić information content (AvgIpc) is 4.08. The Morgan fingerprint density at radius 2 is 1.65 bits per heavy atom. The van der Waals surface area contributed by atoms with Crippen LogP contribution in [0.15, 0.2) is 36.7 Å². The van der Waals surface area contributed by atoms with E-state index >= 15 is 0 Å². The fourth-order valence-corrected chi connectivity index (χ4v) is 11.2. The first kappa shape index (κ1) is 62.1. The lowest BCUT2D eigenvalue weighted by Gasteiger charge is -2.47. The number of methoxy groups -OCH3 is 2.